The van der Waals surface area contributed by atoms with Crippen LogP contribution in [0.15, 0.2) is 0 Å². The number of aliphatic hydroxyl groups is 1. The van der Waals surface area contributed by atoms with Gasteiger partial charge in [0.25, 0.3) is 0 Å². The highest BCUT2D eigenvalue weighted by atomic mass is 16.3. The Morgan fingerprint density at radius 2 is 1.67 bits per heavy atom. The molecule has 0 amide bonds. The van der Waals surface area contributed by atoms with Crippen molar-refractivity contribution >= 4 is 0 Å². The predicted molar refractivity (Wildman–Crippen MR) is 24.2 cm³/mol. The molecule has 0 aliphatic heterocycles. The molecule has 0 rings (SSSR count). The molecular weight excluding hydrogens is 78.0 g/mol. The first-order valence-electron chi connectivity index (χ1n) is 2.03. The van der Waals surface area contributed by atoms with Crippen LogP contribution in [0.1, 0.15) is 13.8 Å². The lowest BCUT2D eigenvalue weighted by atomic mass is 10.2. The lowest BCUT2D eigenvalue weighted by Crippen LogP contribution is -2.19. The van der Waals surface area contributed by atoms with E-state index >= 15 is 0 Å². The van der Waals surface area contributed by atoms with Crippen LogP contribution in [0.3, 0.4) is 0 Å². The molecule has 0 fully saturated rings. The van der Waals surface area contributed by atoms with Crippen molar-refractivity contribution in [3.63, 3.8) is 0 Å². The third-order valence-corrected chi connectivity index (χ3v) is 0.724. The van der Waals surface area contributed by atoms with Crippen LogP contribution in [0.5, 0.6) is 0 Å². The van der Waals surface area contributed by atoms with E-state index in [9.17, 15) is 0 Å². The van der Waals surface area contributed by atoms with E-state index in [1.54, 1.807) is 13.8 Å². The first-order valence-corrected chi connectivity index (χ1v) is 2.03. The molecule has 0 saturated carbocycles. The van der Waals surface area contributed by atoms with E-state index in [2.05, 4.69) is 0 Å². The van der Waals surface area contributed by atoms with E-state index in [1.807, 2.05) is 0 Å². The average molecular weight is 88.1 g/mol. The van der Waals surface area contributed by atoms with Gasteiger partial charge in [-0.25, -0.2) is 0 Å². The van der Waals surface area contributed by atoms with Gasteiger partial charge >= 0.3 is 0 Å². The molecule has 0 saturated heterocycles. The molecule has 0 aromatic rings. The van der Waals surface area contributed by atoms with Crippen LogP contribution < -0.4 is 5.73 Å². The van der Waals surface area contributed by atoms with E-state index in [4.69, 9.17) is 10.8 Å². The molecule has 2 heteroatoms. The summed E-state index contributed by atoms with van der Waals surface area (Å²) in [4.78, 5) is 0. The molecule has 2 N–H and O–H groups in total. The Kier molecular flexibility index (Phi) is 2.13. The molecule has 6 heavy (non-hydrogen) atoms. The van der Waals surface area contributed by atoms with E-state index in [0.29, 0.717) is 0 Å². The standard InChI is InChI=1S/C4H10NO/c1-3(5)4(2)6/h3-6H,1-2H3. The molecule has 0 heterocycles. The topological polar surface area (TPSA) is 44.0 Å². The minimum absolute atomic E-state index is 0.343. The maximum atomic E-state index is 8.44. The van der Waals surface area contributed by atoms with Crippen molar-refractivity contribution in [1.29, 1.82) is 0 Å². The zero-order chi connectivity index (χ0) is 5.15. The van der Waals surface area contributed by atoms with Gasteiger partial charge in [0.2, 0.25) is 0 Å². The summed E-state index contributed by atoms with van der Waals surface area (Å²) in [5, 5.41) is 8.44. The fourth-order valence-electron chi connectivity index (χ4n) is 0. The first kappa shape index (κ1) is 5.92. The second-order valence-electron chi connectivity index (χ2n) is 1.53. The number of hydrogen-bond acceptors (Lipinski definition) is 1. The molecule has 0 aromatic heterocycles. The molecular formula is C4H10NO. The Balaban J connectivity index is 2.99. The van der Waals surface area contributed by atoms with Crippen molar-refractivity contribution in [3.05, 3.63) is 0 Å². The molecule has 2 unspecified atom stereocenters. The third-order valence-electron chi connectivity index (χ3n) is 0.724. The summed E-state index contributed by atoms with van der Waals surface area (Å²) in [5.74, 6) is 0. The highest BCUT2D eigenvalue weighted by molar-refractivity contribution is 4.56. The molecule has 2 nitrogen and oxygen atoms in total. The first-order chi connectivity index (χ1) is 2.64. The highest BCUT2D eigenvalue weighted by Crippen LogP contribution is 1.84. The molecule has 0 spiro atoms. The van der Waals surface area contributed by atoms with Crippen molar-refractivity contribution in [2.75, 3.05) is 0 Å². The average Bonchev–Trinajstić information content (AvgIpc) is 1.36. The fraction of sp³-hybridized carbons (Fsp3) is 1.00. The van der Waals surface area contributed by atoms with Crippen molar-refractivity contribution in [1.82, 2.24) is 5.73 Å². The normalized spacial score (nSPS) is 20.0. The molecule has 0 aromatic carbocycles. The maximum Gasteiger partial charge on any atom is 0.0675 e. The zero-order valence-electron chi connectivity index (χ0n) is 4.10. The fourth-order valence-corrected chi connectivity index (χ4v) is 0. The molecule has 2 atom stereocenters. The summed E-state index contributed by atoms with van der Waals surface area (Å²) >= 11 is 0. The van der Waals surface area contributed by atoms with Crippen molar-refractivity contribution in [2.45, 2.75) is 26.0 Å². The lowest BCUT2D eigenvalue weighted by molar-refractivity contribution is 0.167. The predicted octanol–water partition coefficient (Wildman–Crippen LogP) is 0.0386. The second-order valence-corrected chi connectivity index (χ2v) is 1.53. The van der Waals surface area contributed by atoms with E-state index in [1.165, 1.54) is 0 Å². The summed E-state index contributed by atoms with van der Waals surface area (Å²) < 4.78 is 0. The van der Waals surface area contributed by atoms with Gasteiger partial charge < -0.3 is 5.11 Å². The second kappa shape index (κ2) is 2.16. The molecule has 0 bridgehead atoms. The number of aliphatic hydroxyl groups excluding tert-OH is 1. The van der Waals surface area contributed by atoms with Crippen molar-refractivity contribution < 1.29 is 5.11 Å². The monoisotopic (exact) mass is 88.1 g/mol. The minimum Gasteiger partial charge on any atom is -0.392 e. The van der Waals surface area contributed by atoms with E-state index < -0.39 is 6.10 Å². The van der Waals surface area contributed by atoms with Gasteiger partial charge in [0.05, 0.1) is 6.10 Å². The van der Waals surface area contributed by atoms with Gasteiger partial charge in [0.15, 0.2) is 0 Å². The van der Waals surface area contributed by atoms with Crippen LogP contribution in [-0.2, 0) is 0 Å². The SMILES string of the molecule is CC([NH])C(C)O. The summed E-state index contributed by atoms with van der Waals surface area (Å²) in [5.41, 5.74) is 6.78. The van der Waals surface area contributed by atoms with Gasteiger partial charge in [-0.05, 0) is 13.8 Å². The number of hydrogen-bond donors (Lipinski definition) is 1. The molecule has 1 radical (unpaired) electrons. The Hall–Kier alpha value is -0.0800. The Morgan fingerprint density at radius 1 is 1.50 bits per heavy atom. The quantitative estimate of drug-likeness (QED) is 0.483. The lowest BCUT2D eigenvalue weighted by Gasteiger charge is -2.03. The maximum absolute atomic E-state index is 8.44. The highest BCUT2D eigenvalue weighted by Gasteiger charge is 1.99. The molecule has 0 aliphatic carbocycles. The summed E-state index contributed by atoms with van der Waals surface area (Å²) in [6.45, 7) is 3.27. The summed E-state index contributed by atoms with van der Waals surface area (Å²) in [6, 6.07) is -0.343. The van der Waals surface area contributed by atoms with Gasteiger partial charge in [0, 0.05) is 6.04 Å². The Morgan fingerprint density at radius 3 is 1.67 bits per heavy atom. The van der Waals surface area contributed by atoms with Gasteiger partial charge in [-0.2, -0.15) is 0 Å². The molecule has 0 aliphatic rings. The van der Waals surface area contributed by atoms with Crippen molar-refractivity contribution in [2.24, 2.45) is 0 Å². The van der Waals surface area contributed by atoms with Gasteiger partial charge in [-0.15, -0.1) is 0 Å². The van der Waals surface area contributed by atoms with Crippen LogP contribution in [0, 0.1) is 0 Å². The summed E-state index contributed by atoms with van der Waals surface area (Å²) in [7, 11) is 0. The van der Waals surface area contributed by atoms with E-state index in [-0.39, 0.29) is 6.04 Å². The van der Waals surface area contributed by atoms with Crippen molar-refractivity contribution in [3.8, 4) is 0 Å². The van der Waals surface area contributed by atoms with Gasteiger partial charge in [-0.1, -0.05) is 0 Å². The van der Waals surface area contributed by atoms with Gasteiger partial charge in [-0.3, -0.25) is 5.73 Å². The van der Waals surface area contributed by atoms with Gasteiger partial charge in [0.1, 0.15) is 0 Å². The van der Waals surface area contributed by atoms with E-state index in [0.717, 1.165) is 0 Å². The summed E-state index contributed by atoms with van der Waals surface area (Å²) in [6.07, 6.45) is -0.481. The smallest absolute Gasteiger partial charge is 0.0675 e. The number of nitrogens with one attached hydrogen (secondary N) is 1. The zero-order valence-corrected chi connectivity index (χ0v) is 4.10. The van der Waals surface area contributed by atoms with Crippen LogP contribution in [0.25, 0.3) is 0 Å². The Labute approximate surface area is 38.0 Å². The van der Waals surface area contributed by atoms with Crippen LogP contribution >= 0.6 is 0 Å². The minimum atomic E-state index is -0.481. The Bertz CT molecular complexity index is 28.5. The third kappa shape index (κ3) is 2.18. The van der Waals surface area contributed by atoms with Crippen LogP contribution in [0.2, 0.25) is 0 Å². The van der Waals surface area contributed by atoms with Crippen LogP contribution in [-0.4, -0.2) is 17.3 Å². The largest absolute Gasteiger partial charge is 0.392 e. The number of rotatable bonds is 1. The van der Waals surface area contributed by atoms with Crippen LogP contribution in [0.4, 0.5) is 0 Å². The molecule has 37 valence electrons.